The molecule has 7 nitrogen and oxygen atoms in total. The van der Waals surface area contributed by atoms with Gasteiger partial charge in [-0.15, -0.1) is 0 Å². The minimum atomic E-state index is -1.10. The molecule has 0 saturated carbocycles. The summed E-state index contributed by atoms with van der Waals surface area (Å²) in [6, 6.07) is 7.43. The number of nitrogens with one attached hydrogen (secondary N) is 2. The maximum atomic E-state index is 11.8. The van der Waals surface area contributed by atoms with E-state index in [-0.39, 0.29) is 25.3 Å². The Morgan fingerprint density at radius 1 is 1.19 bits per heavy atom. The maximum absolute atomic E-state index is 11.8. The van der Waals surface area contributed by atoms with E-state index in [1.807, 2.05) is 18.2 Å². The lowest BCUT2D eigenvalue weighted by Gasteiger charge is -2.14. The van der Waals surface area contributed by atoms with Gasteiger partial charge in [-0.2, -0.15) is 0 Å². The number of urea groups is 1. The highest BCUT2D eigenvalue weighted by atomic mass is 16.4. The molecule has 0 aliphatic rings. The van der Waals surface area contributed by atoms with E-state index < -0.39 is 18.0 Å². The molecule has 1 aromatic rings. The number of nitrogens with two attached hydrogens (primary N) is 1. The first-order valence-electron chi connectivity index (χ1n) is 6.58. The van der Waals surface area contributed by atoms with Crippen LogP contribution in [-0.4, -0.2) is 35.6 Å². The molecule has 0 radical (unpaired) electrons. The predicted molar refractivity (Wildman–Crippen MR) is 76.5 cm³/mol. The number of carbonyl (C=O) groups is 3. The standard InChI is InChI=1S/C14H19N3O4/c15-14(21)16-8-4-7-11(13(19)20)17-12(18)9-10-5-2-1-3-6-10/h1-3,5-6,11H,4,7-9H2,(H,17,18)(H,19,20)(H3,15,16,21). The van der Waals surface area contributed by atoms with Gasteiger partial charge in [-0.25, -0.2) is 9.59 Å². The second-order valence-corrected chi connectivity index (χ2v) is 4.55. The van der Waals surface area contributed by atoms with E-state index in [1.165, 1.54) is 0 Å². The normalized spacial score (nSPS) is 11.4. The first kappa shape index (κ1) is 16.5. The van der Waals surface area contributed by atoms with Crippen molar-refractivity contribution < 1.29 is 19.5 Å². The number of benzene rings is 1. The fourth-order valence-electron chi connectivity index (χ4n) is 1.80. The summed E-state index contributed by atoms with van der Waals surface area (Å²) in [6.45, 7) is 0.271. The van der Waals surface area contributed by atoms with Crippen LogP contribution in [0.5, 0.6) is 0 Å². The van der Waals surface area contributed by atoms with Gasteiger partial charge >= 0.3 is 12.0 Å². The minimum absolute atomic E-state index is 0.129. The molecule has 1 rings (SSSR count). The predicted octanol–water partition coefficient (Wildman–Crippen LogP) is 0.247. The molecule has 1 aromatic carbocycles. The summed E-state index contributed by atoms with van der Waals surface area (Å²) in [5.41, 5.74) is 5.71. The highest BCUT2D eigenvalue weighted by Crippen LogP contribution is 2.02. The van der Waals surface area contributed by atoms with E-state index in [0.29, 0.717) is 6.42 Å². The van der Waals surface area contributed by atoms with Crippen molar-refractivity contribution >= 4 is 17.9 Å². The Morgan fingerprint density at radius 3 is 2.43 bits per heavy atom. The van der Waals surface area contributed by atoms with Gasteiger partial charge in [-0.3, -0.25) is 4.79 Å². The number of carboxylic acid groups (broad SMARTS) is 1. The molecule has 1 atom stereocenters. The summed E-state index contributed by atoms with van der Waals surface area (Å²) in [5, 5.41) is 13.9. The summed E-state index contributed by atoms with van der Waals surface area (Å²) in [7, 11) is 0. The van der Waals surface area contributed by atoms with Crippen LogP contribution in [-0.2, 0) is 16.0 Å². The zero-order valence-electron chi connectivity index (χ0n) is 11.5. The number of hydrogen-bond acceptors (Lipinski definition) is 3. The number of rotatable bonds is 8. The van der Waals surface area contributed by atoms with Crippen molar-refractivity contribution in [1.82, 2.24) is 10.6 Å². The first-order chi connectivity index (χ1) is 9.99. The lowest BCUT2D eigenvalue weighted by Crippen LogP contribution is -2.42. The van der Waals surface area contributed by atoms with Gasteiger partial charge in [0.25, 0.3) is 0 Å². The molecule has 21 heavy (non-hydrogen) atoms. The van der Waals surface area contributed by atoms with Gasteiger partial charge in [0.2, 0.25) is 5.91 Å². The van der Waals surface area contributed by atoms with Gasteiger partial charge in [0.05, 0.1) is 6.42 Å². The molecule has 5 N–H and O–H groups in total. The molecule has 0 aromatic heterocycles. The van der Waals surface area contributed by atoms with Crippen molar-refractivity contribution in [3.63, 3.8) is 0 Å². The van der Waals surface area contributed by atoms with Crippen LogP contribution >= 0.6 is 0 Å². The van der Waals surface area contributed by atoms with Crippen molar-refractivity contribution in [2.24, 2.45) is 5.73 Å². The largest absolute Gasteiger partial charge is 0.480 e. The van der Waals surface area contributed by atoms with Crippen molar-refractivity contribution in [2.75, 3.05) is 6.54 Å². The summed E-state index contributed by atoms with van der Waals surface area (Å²) < 4.78 is 0. The van der Waals surface area contributed by atoms with E-state index in [9.17, 15) is 14.4 Å². The van der Waals surface area contributed by atoms with E-state index in [2.05, 4.69) is 10.6 Å². The SMILES string of the molecule is NC(=O)NCCCC(NC(=O)Cc1ccccc1)C(=O)O. The van der Waals surface area contributed by atoms with Gasteiger partial charge in [-0.05, 0) is 18.4 Å². The molecule has 0 fully saturated rings. The Morgan fingerprint density at radius 2 is 1.86 bits per heavy atom. The van der Waals surface area contributed by atoms with Gasteiger partial charge in [0, 0.05) is 6.54 Å². The highest BCUT2D eigenvalue weighted by Gasteiger charge is 2.19. The zero-order chi connectivity index (χ0) is 15.7. The molecular weight excluding hydrogens is 274 g/mol. The number of aliphatic carboxylic acids is 1. The van der Waals surface area contributed by atoms with Gasteiger partial charge in [-0.1, -0.05) is 30.3 Å². The van der Waals surface area contributed by atoms with Gasteiger partial charge in [0.15, 0.2) is 0 Å². The average molecular weight is 293 g/mol. The number of carbonyl (C=O) groups excluding carboxylic acids is 2. The first-order valence-corrected chi connectivity index (χ1v) is 6.58. The second-order valence-electron chi connectivity index (χ2n) is 4.55. The van der Waals surface area contributed by atoms with Gasteiger partial charge < -0.3 is 21.5 Å². The molecule has 0 bridgehead atoms. The van der Waals surface area contributed by atoms with Crippen LogP contribution in [0.15, 0.2) is 30.3 Å². The lowest BCUT2D eigenvalue weighted by atomic mass is 10.1. The van der Waals surface area contributed by atoms with Crippen LogP contribution in [0.2, 0.25) is 0 Å². The molecule has 1 unspecified atom stereocenters. The quantitative estimate of drug-likeness (QED) is 0.513. The monoisotopic (exact) mass is 293 g/mol. The number of carboxylic acids is 1. The fraction of sp³-hybridized carbons (Fsp3) is 0.357. The van der Waals surface area contributed by atoms with Crippen molar-refractivity contribution in [1.29, 1.82) is 0 Å². The summed E-state index contributed by atoms with van der Waals surface area (Å²) >= 11 is 0. The molecule has 0 aliphatic heterocycles. The molecule has 0 aliphatic carbocycles. The molecule has 0 heterocycles. The maximum Gasteiger partial charge on any atom is 0.326 e. The Labute approximate surface area is 122 Å². The number of hydrogen-bond donors (Lipinski definition) is 4. The Balaban J connectivity index is 2.41. The summed E-state index contributed by atoms with van der Waals surface area (Å²) in [5.74, 6) is -1.45. The lowest BCUT2D eigenvalue weighted by molar-refractivity contribution is -0.141. The van der Waals surface area contributed by atoms with Crippen LogP contribution < -0.4 is 16.4 Å². The topological polar surface area (TPSA) is 122 Å². The third kappa shape index (κ3) is 6.95. The van der Waals surface area contributed by atoms with Crippen molar-refractivity contribution in [3.05, 3.63) is 35.9 Å². The summed E-state index contributed by atoms with van der Waals surface area (Å²) in [6.07, 6.45) is 0.756. The van der Waals surface area contributed by atoms with Gasteiger partial charge in [0.1, 0.15) is 6.04 Å². The minimum Gasteiger partial charge on any atom is -0.480 e. The molecule has 0 spiro atoms. The second kappa shape index (κ2) is 8.57. The average Bonchev–Trinajstić information content (AvgIpc) is 2.42. The Hall–Kier alpha value is -2.57. The Kier molecular flexibility index (Phi) is 6.73. The fourth-order valence-corrected chi connectivity index (χ4v) is 1.80. The third-order valence-electron chi connectivity index (χ3n) is 2.81. The molecular formula is C14H19N3O4. The third-order valence-corrected chi connectivity index (χ3v) is 2.81. The van der Waals surface area contributed by atoms with Crippen molar-refractivity contribution in [2.45, 2.75) is 25.3 Å². The number of amides is 3. The van der Waals surface area contributed by atoms with E-state index >= 15 is 0 Å². The van der Waals surface area contributed by atoms with Crippen LogP contribution in [0, 0.1) is 0 Å². The van der Waals surface area contributed by atoms with Crippen LogP contribution in [0.4, 0.5) is 4.79 Å². The number of primary amides is 1. The molecule has 114 valence electrons. The van der Waals surface area contributed by atoms with E-state index in [1.54, 1.807) is 12.1 Å². The Bertz CT molecular complexity index is 490. The van der Waals surface area contributed by atoms with Crippen LogP contribution in [0.3, 0.4) is 0 Å². The van der Waals surface area contributed by atoms with Crippen molar-refractivity contribution in [3.8, 4) is 0 Å². The molecule has 7 heteroatoms. The summed E-state index contributed by atoms with van der Waals surface area (Å²) in [4.78, 5) is 33.4. The van der Waals surface area contributed by atoms with E-state index in [0.717, 1.165) is 5.56 Å². The molecule has 3 amide bonds. The molecule has 0 saturated heterocycles. The highest BCUT2D eigenvalue weighted by molar-refractivity contribution is 5.84. The van der Waals surface area contributed by atoms with E-state index in [4.69, 9.17) is 10.8 Å². The smallest absolute Gasteiger partial charge is 0.326 e. The van der Waals surface area contributed by atoms with Crippen LogP contribution in [0.25, 0.3) is 0 Å². The van der Waals surface area contributed by atoms with Crippen LogP contribution in [0.1, 0.15) is 18.4 Å². The zero-order valence-corrected chi connectivity index (χ0v) is 11.5.